The molecule has 1 aromatic carbocycles. The maximum Gasteiger partial charge on any atom is 0.261 e. The fourth-order valence-electron chi connectivity index (χ4n) is 1.21. The largest absolute Gasteiger partial charge is 0.288 e. The first-order valence-electron chi connectivity index (χ1n) is 4.43. The number of halogens is 3. The Morgan fingerprint density at radius 3 is 2.33 bits per heavy atom. The van der Waals surface area contributed by atoms with Crippen LogP contribution in [0.3, 0.4) is 0 Å². The van der Waals surface area contributed by atoms with Crippen molar-refractivity contribution in [1.82, 2.24) is 0 Å². The van der Waals surface area contributed by atoms with Gasteiger partial charge in [-0.05, 0) is 48.8 Å². The van der Waals surface area contributed by atoms with Crippen molar-refractivity contribution >= 4 is 47.5 Å². The molecule has 84 valence electrons. The van der Waals surface area contributed by atoms with E-state index < -0.39 is 5.85 Å². The standard InChI is InChI=1S/C9H11Cl3OP2/c10-14-9(15(11,12)13)7-6-8-4-2-1-3-5-8/h1-5,9,14H,6-7H2. The summed E-state index contributed by atoms with van der Waals surface area (Å²) in [5, 5.41) is -0.289. The average molecular weight is 303 g/mol. The van der Waals surface area contributed by atoms with Crippen LogP contribution < -0.4 is 0 Å². The van der Waals surface area contributed by atoms with Crippen molar-refractivity contribution in [3.8, 4) is 0 Å². The Hall–Kier alpha value is 0.750. The van der Waals surface area contributed by atoms with E-state index in [0.717, 1.165) is 6.42 Å². The van der Waals surface area contributed by atoms with Gasteiger partial charge in [0.05, 0.1) is 5.40 Å². The monoisotopic (exact) mass is 302 g/mol. The van der Waals surface area contributed by atoms with Crippen LogP contribution in [0.25, 0.3) is 0 Å². The second-order valence-electron chi connectivity index (χ2n) is 3.15. The molecule has 2 unspecified atom stereocenters. The van der Waals surface area contributed by atoms with Crippen LogP contribution in [0, 0.1) is 0 Å². The molecule has 0 saturated carbocycles. The number of rotatable bonds is 5. The van der Waals surface area contributed by atoms with Crippen LogP contribution in [-0.2, 0) is 11.0 Å². The zero-order chi connectivity index (χ0) is 11.3. The second kappa shape index (κ2) is 6.48. The van der Waals surface area contributed by atoms with Gasteiger partial charge in [-0.25, -0.2) is 0 Å². The number of benzene rings is 1. The van der Waals surface area contributed by atoms with E-state index in [0.29, 0.717) is 6.42 Å². The molecule has 1 nitrogen and oxygen atoms in total. The molecule has 2 atom stereocenters. The highest BCUT2D eigenvalue weighted by molar-refractivity contribution is 8.13. The third kappa shape index (κ3) is 5.07. The molecule has 0 fully saturated rings. The zero-order valence-electron chi connectivity index (χ0n) is 7.87. The minimum absolute atomic E-state index is 0.00278. The van der Waals surface area contributed by atoms with Crippen LogP contribution in [0.5, 0.6) is 0 Å². The Kier molecular flexibility index (Phi) is 5.96. The summed E-state index contributed by atoms with van der Waals surface area (Å²) in [6.07, 6.45) is 1.46. The Balaban J connectivity index is 2.53. The van der Waals surface area contributed by atoms with Gasteiger partial charge >= 0.3 is 0 Å². The van der Waals surface area contributed by atoms with E-state index in [1.54, 1.807) is 0 Å². The SMILES string of the molecule is O=P(Cl)(Cl)C(CCc1ccccc1)PCl. The lowest BCUT2D eigenvalue weighted by molar-refractivity contribution is 0.589. The Labute approximate surface area is 106 Å². The van der Waals surface area contributed by atoms with Crippen molar-refractivity contribution < 1.29 is 4.57 Å². The molecule has 0 amide bonds. The Morgan fingerprint density at radius 2 is 1.87 bits per heavy atom. The minimum atomic E-state index is -3.09. The molecule has 0 N–H and O–H groups in total. The van der Waals surface area contributed by atoms with Gasteiger partial charge in [-0.3, -0.25) is 4.57 Å². The van der Waals surface area contributed by atoms with Crippen molar-refractivity contribution in [2.75, 3.05) is 0 Å². The van der Waals surface area contributed by atoms with E-state index in [2.05, 4.69) is 0 Å². The first-order chi connectivity index (χ1) is 7.04. The van der Waals surface area contributed by atoms with Crippen LogP contribution in [0.4, 0.5) is 0 Å². The summed E-state index contributed by atoms with van der Waals surface area (Å²) in [4.78, 5) is 0. The molecule has 15 heavy (non-hydrogen) atoms. The van der Waals surface area contributed by atoms with E-state index >= 15 is 0 Å². The fourth-order valence-corrected chi connectivity index (χ4v) is 6.27. The predicted octanol–water partition coefficient (Wildman–Crippen LogP) is 5.45. The molecular weight excluding hydrogens is 292 g/mol. The topological polar surface area (TPSA) is 17.1 Å². The molecule has 0 radical (unpaired) electrons. The Bertz CT molecular complexity index is 338. The average Bonchev–Trinajstić information content (AvgIpc) is 2.18. The fraction of sp³-hybridized carbons (Fsp3) is 0.333. The summed E-state index contributed by atoms with van der Waals surface area (Å²) in [6.45, 7) is 0. The number of aryl methyl sites for hydroxylation is 1. The normalized spacial score (nSPS) is 14.6. The molecule has 1 aromatic rings. The van der Waals surface area contributed by atoms with Crippen molar-refractivity contribution in [3.63, 3.8) is 0 Å². The summed E-state index contributed by atoms with van der Waals surface area (Å²) < 4.78 is 11.4. The number of hydrogen-bond acceptors (Lipinski definition) is 1. The van der Waals surface area contributed by atoms with Gasteiger partial charge in [0.25, 0.3) is 5.85 Å². The molecule has 0 bridgehead atoms. The van der Waals surface area contributed by atoms with Crippen LogP contribution in [0.2, 0.25) is 0 Å². The van der Waals surface area contributed by atoms with Gasteiger partial charge < -0.3 is 0 Å². The second-order valence-corrected chi connectivity index (χ2v) is 10.4. The molecule has 0 aliphatic carbocycles. The van der Waals surface area contributed by atoms with Crippen LogP contribution in [-0.4, -0.2) is 5.40 Å². The molecular formula is C9H11Cl3OP2. The van der Waals surface area contributed by atoms with Gasteiger partial charge in [0.2, 0.25) is 0 Å². The molecule has 0 aliphatic rings. The maximum atomic E-state index is 11.4. The van der Waals surface area contributed by atoms with E-state index in [1.807, 2.05) is 30.3 Å². The Morgan fingerprint density at radius 1 is 1.27 bits per heavy atom. The predicted molar refractivity (Wildman–Crippen MR) is 72.0 cm³/mol. The lowest BCUT2D eigenvalue weighted by Gasteiger charge is -2.14. The molecule has 0 spiro atoms. The van der Waals surface area contributed by atoms with E-state index in [-0.39, 0.29) is 13.3 Å². The van der Waals surface area contributed by atoms with Gasteiger partial charge in [0, 0.05) is 0 Å². The number of hydrogen-bond donors (Lipinski definition) is 0. The van der Waals surface area contributed by atoms with Gasteiger partial charge in [-0.1, -0.05) is 41.6 Å². The van der Waals surface area contributed by atoms with Gasteiger partial charge in [-0.2, -0.15) is 0 Å². The highest BCUT2D eigenvalue weighted by atomic mass is 35.9. The quantitative estimate of drug-likeness (QED) is 0.661. The third-order valence-electron chi connectivity index (χ3n) is 2.04. The zero-order valence-corrected chi connectivity index (χ0v) is 12.0. The molecule has 6 heteroatoms. The van der Waals surface area contributed by atoms with Crippen LogP contribution in [0.15, 0.2) is 30.3 Å². The summed E-state index contributed by atoms with van der Waals surface area (Å²) in [6, 6.07) is 9.92. The van der Waals surface area contributed by atoms with Crippen molar-refractivity contribution in [2.24, 2.45) is 0 Å². The molecule has 1 rings (SSSR count). The van der Waals surface area contributed by atoms with Crippen molar-refractivity contribution in [1.29, 1.82) is 0 Å². The molecule has 0 aliphatic heterocycles. The van der Waals surface area contributed by atoms with E-state index in [9.17, 15) is 4.57 Å². The molecule has 0 saturated heterocycles. The third-order valence-corrected chi connectivity index (χ3v) is 8.68. The van der Waals surface area contributed by atoms with Crippen LogP contribution >= 0.6 is 47.5 Å². The van der Waals surface area contributed by atoms with Gasteiger partial charge in [-0.15, -0.1) is 0 Å². The van der Waals surface area contributed by atoms with Gasteiger partial charge in [0.1, 0.15) is 0 Å². The van der Waals surface area contributed by atoms with Crippen LogP contribution in [0.1, 0.15) is 12.0 Å². The summed E-state index contributed by atoms with van der Waals surface area (Å²) in [7, 11) is -0.00278. The van der Waals surface area contributed by atoms with Crippen molar-refractivity contribution in [2.45, 2.75) is 18.2 Å². The van der Waals surface area contributed by atoms with E-state index in [4.69, 9.17) is 33.7 Å². The summed E-state index contributed by atoms with van der Waals surface area (Å²) >= 11 is 16.9. The lowest BCUT2D eigenvalue weighted by Crippen LogP contribution is -1.97. The maximum absolute atomic E-state index is 11.4. The first-order valence-corrected chi connectivity index (χ1v) is 10.1. The lowest BCUT2D eigenvalue weighted by atomic mass is 10.1. The molecule has 0 heterocycles. The van der Waals surface area contributed by atoms with Gasteiger partial charge in [0.15, 0.2) is 0 Å². The van der Waals surface area contributed by atoms with E-state index in [1.165, 1.54) is 5.56 Å². The summed E-state index contributed by atoms with van der Waals surface area (Å²) in [5.74, 6) is -3.09. The first kappa shape index (κ1) is 13.8. The smallest absolute Gasteiger partial charge is 0.261 e. The minimum Gasteiger partial charge on any atom is -0.288 e. The highest BCUT2D eigenvalue weighted by Crippen LogP contribution is 2.67. The van der Waals surface area contributed by atoms with Crippen molar-refractivity contribution in [3.05, 3.63) is 35.9 Å². The summed E-state index contributed by atoms with van der Waals surface area (Å²) in [5.41, 5.74) is 1.18. The highest BCUT2D eigenvalue weighted by Gasteiger charge is 2.27. The molecule has 0 aromatic heterocycles.